The van der Waals surface area contributed by atoms with E-state index in [1.807, 2.05) is 24.3 Å². The van der Waals surface area contributed by atoms with Gasteiger partial charge in [0.15, 0.2) is 0 Å². The summed E-state index contributed by atoms with van der Waals surface area (Å²) < 4.78 is 9.69. The molecule has 1 fully saturated rings. The lowest BCUT2D eigenvalue weighted by Gasteiger charge is -2.28. The number of amides is 2. The standard InChI is InChI=1S/C21H25N3O4/c1-2-27-21(26)28-19-12-8-17(9-13-19)23-20(25)22-16-6-10-18(11-7-16)24-14-4-3-5-15-24/h6-13H,2-5,14-15H2,1H3,(H2,22,23,25). The second kappa shape index (κ2) is 9.64. The molecular weight excluding hydrogens is 358 g/mol. The topological polar surface area (TPSA) is 79.9 Å². The van der Waals surface area contributed by atoms with Gasteiger partial charge in [-0.25, -0.2) is 9.59 Å². The Morgan fingerprint density at radius 2 is 1.46 bits per heavy atom. The maximum Gasteiger partial charge on any atom is 0.513 e. The number of hydrogen-bond acceptors (Lipinski definition) is 5. The van der Waals surface area contributed by atoms with Gasteiger partial charge in [-0.2, -0.15) is 0 Å². The smallest absolute Gasteiger partial charge is 0.434 e. The highest BCUT2D eigenvalue weighted by Crippen LogP contribution is 2.22. The molecular formula is C21H25N3O4. The Morgan fingerprint density at radius 3 is 2.04 bits per heavy atom. The summed E-state index contributed by atoms with van der Waals surface area (Å²) in [5, 5.41) is 5.55. The summed E-state index contributed by atoms with van der Waals surface area (Å²) in [6.45, 7) is 4.12. The molecule has 7 nitrogen and oxygen atoms in total. The number of nitrogens with one attached hydrogen (secondary N) is 2. The molecule has 0 aromatic heterocycles. The Balaban J connectivity index is 1.50. The van der Waals surface area contributed by atoms with Gasteiger partial charge in [-0.1, -0.05) is 0 Å². The summed E-state index contributed by atoms with van der Waals surface area (Å²) in [5.41, 5.74) is 2.49. The minimum atomic E-state index is -0.756. The van der Waals surface area contributed by atoms with Crippen LogP contribution in [0.3, 0.4) is 0 Å². The molecule has 1 aliphatic rings. The van der Waals surface area contributed by atoms with Gasteiger partial charge in [-0.05, 0) is 74.7 Å². The molecule has 2 amide bonds. The molecule has 1 aliphatic heterocycles. The molecule has 148 valence electrons. The summed E-state index contributed by atoms with van der Waals surface area (Å²) in [6, 6.07) is 14.0. The van der Waals surface area contributed by atoms with Crippen LogP contribution in [-0.4, -0.2) is 31.9 Å². The average molecular weight is 383 g/mol. The third-order valence-electron chi connectivity index (χ3n) is 4.42. The molecule has 2 N–H and O–H groups in total. The van der Waals surface area contributed by atoms with Crippen LogP contribution in [0.1, 0.15) is 26.2 Å². The predicted octanol–water partition coefficient (Wildman–Crippen LogP) is 4.86. The lowest BCUT2D eigenvalue weighted by molar-refractivity contribution is 0.104. The van der Waals surface area contributed by atoms with Crippen LogP contribution in [0.5, 0.6) is 5.75 Å². The largest absolute Gasteiger partial charge is 0.513 e. The van der Waals surface area contributed by atoms with Crippen molar-refractivity contribution in [3.8, 4) is 5.75 Å². The third-order valence-corrected chi connectivity index (χ3v) is 4.42. The first-order valence-corrected chi connectivity index (χ1v) is 9.52. The van der Waals surface area contributed by atoms with Crippen LogP contribution >= 0.6 is 0 Å². The van der Waals surface area contributed by atoms with E-state index >= 15 is 0 Å². The first-order chi connectivity index (χ1) is 13.6. The monoisotopic (exact) mass is 383 g/mol. The van der Waals surface area contributed by atoms with Crippen LogP contribution in [0.15, 0.2) is 48.5 Å². The van der Waals surface area contributed by atoms with Gasteiger partial charge >= 0.3 is 12.2 Å². The molecule has 1 heterocycles. The summed E-state index contributed by atoms with van der Waals surface area (Å²) >= 11 is 0. The molecule has 0 spiro atoms. The summed E-state index contributed by atoms with van der Waals surface area (Å²) in [6.07, 6.45) is 3.00. The Morgan fingerprint density at radius 1 is 0.893 bits per heavy atom. The maximum atomic E-state index is 12.2. The number of rotatable bonds is 5. The second-order valence-electron chi connectivity index (χ2n) is 6.48. The van der Waals surface area contributed by atoms with Gasteiger partial charge in [0.1, 0.15) is 5.75 Å². The Labute approximate surface area is 164 Å². The van der Waals surface area contributed by atoms with Gasteiger partial charge in [-0.3, -0.25) is 0 Å². The SMILES string of the molecule is CCOC(=O)Oc1ccc(NC(=O)Nc2ccc(N3CCCCC3)cc2)cc1. The summed E-state index contributed by atoms with van der Waals surface area (Å²) in [7, 11) is 0. The molecule has 2 aromatic rings. The Hall–Kier alpha value is -3.22. The average Bonchev–Trinajstić information content (AvgIpc) is 2.71. The number of anilines is 3. The van der Waals surface area contributed by atoms with E-state index in [0.29, 0.717) is 11.4 Å². The zero-order chi connectivity index (χ0) is 19.8. The number of ether oxygens (including phenoxy) is 2. The van der Waals surface area contributed by atoms with Crippen LogP contribution in [0, 0.1) is 0 Å². The fourth-order valence-corrected chi connectivity index (χ4v) is 3.05. The fourth-order valence-electron chi connectivity index (χ4n) is 3.05. The molecule has 0 radical (unpaired) electrons. The van der Waals surface area contributed by atoms with Crippen molar-refractivity contribution in [3.05, 3.63) is 48.5 Å². The Kier molecular flexibility index (Phi) is 6.73. The molecule has 0 saturated carbocycles. The molecule has 0 bridgehead atoms. The van der Waals surface area contributed by atoms with Crippen LogP contribution in [-0.2, 0) is 4.74 Å². The molecule has 7 heteroatoms. The van der Waals surface area contributed by atoms with Gasteiger partial charge in [0.25, 0.3) is 0 Å². The van der Waals surface area contributed by atoms with Gasteiger partial charge in [-0.15, -0.1) is 0 Å². The number of carbonyl (C=O) groups is 2. The van der Waals surface area contributed by atoms with Crippen LogP contribution in [0.25, 0.3) is 0 Å². The first-order valence-electron chi connectivity index (χ1n) is 9.52. The molecule has 0 atom stereocenters. The minimum Gasteiger partial charge on any atom is -0.434 e. The normalized spacial score (nSPS) is 13.5. The van der Waals surface area contributed by atoms with E-state index < -0.39 is 6.16 Å². The van der Waals surface area contributed by atoms with Crippen molar-refractivity contribution in [2.45, 2.75) is 26.2 Å². The van der Waals surface area contributed by atoms with E-state index in [4.69, 9.17) is 9.47 Å². The van der Waals surface area contributed by atoms with E-state index in [-0.39, 0.29) is 12.6 Å². The number of urea groups is 1. The van der Waals surface area contributed by atoms with Crippen LogP contribution in [0.2, 0.25) is 0 Å². The van der Waals surface area contributed by atoms with Crippen molar-refractivity contribution in [3.63, 3.8) is 0 Å². The van der Waals surface area contributed by atoms with E-state index in [2.05, 4.69) is 15.5 Å². The lowest BCUT2D eigenvalue weighted by atomic mass is 10.1. The molecule has 3 rings (SSSR count). The van der Waals surface area contributed by atoms with Crippen LogP contribution in [0.4, 0.5) is 26.7 Å². The highest BCUT2D eigenvalue weighted by molar-refractivity contribution is 5.99. The zero-order valence-corrected chi connectivity index (χ0v) is 15.9. The predicted molar refractivity (Wildman–Crippen MR) is 109 cm³/mol. The van der Waals surface area contributed by atoms with Crippen LogP contribution < -0.4 is 20.3 Å². The molecule has 0 unspecified atom stereocenters. The summed E-state index contributed by atoms with van der Waals surface area (Å²) in [4.78, 5) is 25.8. The van der Waals surface area contributed by atoms with Crippen molar-refractivity contribution >= 4 is 29.2 Å². The highest BCUT2D eigenvalue weighted by Gasteiger charge is 2.11. The third kappa shape index (κ3) is 5.64. The van der Waals surface area contributed by atoms with E-state index in [9.17, 15) is 9.59 Å². The van der Waals surface area contributed by atoms with Crippen molar-refractivity contribution in [1.29, 1.82) is 0 Å². The molecule has 1 saturated heterocycles. The van der Waals surface area contributed by atoms with Gasteiger partial charge < -0.3 is 25.0 Å². The van der Waals surface area contributed by atoms with E-state index in [1.165, 1.54) is 24.9 Å². The number of benzene rings is 2. The van der Waals surface area contributed by atoms with E-state index in [1.54, 1.807) is 31.2 Å². The van der Waals surface area contributed by atoms with Gasteiger partial charge in [0.2, 0.25) is 0 Å². The minimum absolute atomic E-state index is 0.248. The quantitative estimate of drug-likeness (QED) is 0.569. The molecule has 2 aromatic carbocycles. The van der Waals surface area contributed by atoms with Crippen molar-refractivity contribution in [1.82, 2.24) is 0 Å². The first kappa shape index (κ1) is 19.5. The van der Waals surface area contributed by atoms with Crippen molar-refractivity contribution in [2.24, 2.45) is 0 Å². The molecule has 0 aliphatic carbocycles. The maximum absolute atomic E-state index is 12.2. The number of nitrogens with zero attached hydrogens (tertiary/aromatic N) is 1. The second-order valence-corrected chi connectivity index (χ2v) is 6.48. The van der Waals surface area contributed by atoms with Gasteiger partial charge in [0.05, 0.1) is 6.61 Å². The fraction of sp³-hybridized carbons (Fsp3) is 0.333. The van der Waals surface area contributed by atoms with Crippen molar-refractivity contribution < 1.29 is 19.1 Å². The number of piperidine rings is 1. The number of carbonyl (C=O) groups excluding carboxylic acids is 2. The zero-order valence-electron chi connectivity index (χ0n) is 15.9. The van der Waals surface area contributed by atoms with Gasteiger partial charge in [0, 0.05) is 30.2 Å². The highest BCUT2D eigenvalue weighted by atomic mass is 16.7. The lowest BCUT2D eigenvalue weighted by Crippen LogP contribution is -2.29. The molecule has 28 heavy (non-hydrogen) atoms. The van der Waals surface area contributed by atoms with Crippen molar-refractivity contribution in [2.75, 3.05) is 35.2 Å². The summed E-state index contributed by atoms with van der Waals surface area (Å²) in [5.74, 6) is 0.345. The van der Waals surface area contributed by atoms with E-state index in [0.717, 1.165) is 18.8 Å². The Bertz CT molecular complexity index is 784. The number of hydrogen-bond donors (Lipinski definition) is 2.